The quantitative estimate of drug-likeness (QED) is 0.314. The maximum atomic E-state index is 12.0. The first-order valence-electron chi connectivity index (χ1n) is 9.88. The second-order valence-corrected chi connectivity index (χ2v) is 7.36. The van der Waals surface area contributed by atoms with Gasteiger partial charge in [0, 0.05) is 14.1 Å². The van der Waals surface area contributed by atoms with E-state index in [4.69, 9.17) is 4.74 Å². The van der Waals surface area contributed by atoms with Crippen molar-refractivity contribution >= 4 is 35.8 Å². The number of hydrogen-bond donors (Lipinski definition) is 2. The number of ether oxygens (including phenoxy) is 1. The third-order valence-corrected chi connectivity index (χ3v) is 4.41. The molecule has 0 aliphatic carbocycles. The molecule has 0 spiro atoms. The van der Waals surface area contributed by atoms with Gasteiger partial charge in [0.15, 0.2) is 5.96 Å². The molecular formula is C23H33IN4O2. The molecule has 7 heteroatoms. The molecule has 0 aromatic heterocycles. The monoisotopic (exact) mass is 524 g/mol. The number of hydrogen-bond acceptors (Lipinski definition) is 3. The average molecular weight is 524 g/mol. The molecule has 30 heavy (non-hydrogen) atoms. The number of halogens is 1. The van der Waals surface area contributed by atoms with Crippen LogP contribution in [0.4, 0.5) is 0 Å². The summed E-state index contributed by atoms with van der Waals surface area (Å²) >= 11 is 0. The van der Waals surface area contributed by atoms with E-state index in [2.05, 4.69) is 34.7 Å². The Morgan fingerprint density at radius 1 is 1.10 bits per heavy atom. The van der Waals surface area contributed by atoms with Crippen LogP contribution in [0.25, 0.3) is 0 Å². The zero-order valence-corrected chi connectivity index (χ0v) is 20.7. The molecule has 2 atom stereocenters. The summed E-state index contributed by atoms with van der Waals surface area (Å²) in [4.78, 5) is 17.9. The van der Waals surface area contributed by atoms with Crippen molar-refractivity contribution < 1.29 is 9.53 Å². The van der Waals surface area contributed by atoms with Gasteiger partial charge in [-0.15, -0.1) is 24.0 Å². The zero-order valence-electron chi connectivity index (χ0n) is 18.4. The van der Waals surface area contributed by atoms with Gasteiger partial charge >= 0.3 is 0 Å². The van der Waals surface area contributed by atoms with Gasteiger partial charge in [-0.3, -0.25) is 4.79 Å². The van der Waals surface area contributed by atoms with Gasteiger partial charge in [0.1, 0.15) is 18.4 Å². The minimum absolute atomic E-state index is 0. The van der Waals surface area contributed by atoms with Crippen molar-refractivity contribution in [2.75, 3.05) is 27.2 Å². The van der Waals surface area contributed by atoms with Crippen LogP contribution in [0.5, 0.6) is 5.75 Å². The molecule has 0 aliphatic heterocycles. The molecule has 0 heterocycles. The molecule has 0 bridgehead atoms. The van der Waals surface area contributed by atoms with Crippen LogP contribution in [-0.4, -0.2) is 50.1 Å². The van der Waals surface area contributed by atoms with Gasteiger partial charge in [0.25, 0.3) is 0 Å². The lowest BCUT2D eigenvalue weighted by Gasteiger charge is -2.21. The van der Waals surface area contributed by atoms with Crippen molar-refractivity contribution in [1.82, 2.24) is 15.5 Å². The standard InChI is InChI=1S/C23H32N4O2.HI/c1-17-10-9-13-21(14-17)29-18(2)15-24-23(25-16-22(28)27(4)5)26-19(3)20-11-7-6-8-12-20;/h6-14,18-19H,15-16H2,1-5H3,(H2,24,25,26);1H. The first-order valence-corrected chi connectivity index (χ1v) is 9.88. The molecule has 2 rings (SSSR count). The second kappa shape index (κ2) is 13.1. The van der Waals surface area contributed by atoms with E-state index < -0.39 is 0 Å². The number of likely N-dealkylation sites (N-methyl/N-ethyl adjacent to an activating group) is 1. The molecule has 1 amide bonds. The molecule has 2 aromatic carbocycles. The van der Waals surface area contributed by atoms with Crippen molar-refractivity contribution in [3.63, 3.8) is 0 Å². The lowest BCUT2D eigenvalue weighted by Crippen LogP contribution is -2.43. The van der Waals surface area contributed by atoms with Crippen molar-refractivity contribution in [3.05, 3.63) is 65.7 Å². The van der Waals surface area contributed by atoms with E-state index in [0.717, 1.165) is 16.9 Å². The van der Waals surface area contributed by atoms with Gasteiger partial charge in [0.2, 0.25) is 5.91 Å². The predicted molar refractivity (Wildman–Crippen MR) is 134 cm³/mol. The average Bonchev–Trinajstić information content (AvgIpc) is 2.70. The van der Waals surface area contributed by atoms with Gasteiger partial charge < -0.3 is 20.3 Å². The summed E-state index contributed by atoms with van der Waals surface area (Å²) in [6.45, 7) is 6.73. The molecule has 2 unspecified atom stereocenters. The van der Waals surface area contributed by atoms with Gasteiger partial charge in [-0.2, -0.15) is 0 Å². The Labute approximate surface area is 197 Å². The third kappa shape index (κ3) is 9.02. The lowest BCUT2D eigenvalue weighted by atomic mass is 10.1. The number of aliphatic imine (C=N–C) groups is 1. The number of amides is 1. The highest BCUT2D eigenvalue weighted by molar-refractivity contribution is 14.0. The van der Waals surface area contributed by atoms with Crippen molar-refractivity contribution in [2.24, 2.45) is 4.99 Å². The van der Waals surface area contributed by atoms with E-state index in [9.17, 15) is 4.79 Å². The number of nitrogens with zero attached hydrogens (tertiary/aromatic N) is 2. The number of guanidine groups is 1. The molecule has 0 saturated carbocycles. The summed E-state index contributed by atoms with van der Waals surface area (Å²) in [7, 11) is 3.45. The minimum atomic E-state index is -0.0691. The maximum absolute atomic E-state index is 12.0. The number of carbonyl (C=O) groups is 1. The fourth-order valence-electron chi connectivity index (χ4n) is 2.67. The van der Waals surface area contributed by atoms with Gasteiger partial charge in [-0.1, -0.05) is 42.5 Å². The lowest BCUT2D eigenvalue weighted by molar-refractivity contribution is -0.127. The maximum Gasteiger partial charge on any atom is 0.243 e. The SMILES string of the molecule is Cc1cccc(OC(C)CNC(=NCC(=O)N(C)C)NC(C)c2ccccc2)c1.I. The number of carbonyl (C=O) groups excluding carboxylic acids is 1. The van der Waals surface area contributed by atoms with E-state index in [1.165, 1.54) is 4.90 Å². The van der Waals surface area contributed by atoms with Crippen molar-refractivity contribution in [3.8, 4) is 5.75 Å². The largest absolute Gasteiger partial charge is 0.489 e. The van der Waals surface area contributed by atoms with Crippen molar-refractivity contribution in [2.45, 2.75) is 32.9 Å². The van der Waals surface area contributed by atoms with E-state index in [-0.39, 0.29) is 48.6 Å². The van der Waals surface area contributed by atoms with Crippen LogP contribution >= 0.6 is 24.0 Å². The Morgan fingerprint density at radius 2 is 1.80 bits per heavy atom. The summed E-state index contributed by atoms with van der Waals surface area (Å²) in [5.74, 6) is 1.37. The summed E-state index contributed by atoms with van der Waals surface area (Å²) in [6, 6.07) is 18.1. The number of aryl methyl sites for hydroxylation is 1. The molecule has 0 saturated heterocycles. The number of nitrogens with one attached hydrogen (secondary N) is 2. The molecule has 2 aromatic rings. The molecule has 6 nitrogen and oxygen atoms in total. The van der Waals surface area contributed by atoms with Crippen LogP contribution in [0, 0.1) is 6.92 Å². The van der Waals surface area contributed by atoms with Crippen LogP contribution in [0.3, 0.4) is 0 Å². The summed E-state index contributed by atoms with van der Waals surface area (Å²) in [5.41, 5.74) is 2.30. The Morgan fingerprint density at radius 3 is 2.43 bits per heavy atom. The molecule has 164 valence electrons. The van der Waals surface area contributed by atoms with Crippen LogP contribution in [0.15, 0.2) is 59.6 Å². The van der Waals surface area contributed by atoms with E-state index in [0.29, 0.717) is 12.5 Å². The van der Waals surface area contributed by atoms with E-state index >= 15 is 0 Å². The Balaban J connectivity index is 0.00000450. The van der Waals surface area contributed by atoms with Crippen LogP contribution in [-0.2, 0) is 4.79 Å². The van der Waals surface area contributed by atoms with Gasteiger partial charge in [0.05, 0.1) is 12.6 Å². The topological polar surface area (TPSA) is 66.0 Å². The molecular weight excluding hydrogens is 491 g/mol. The summed E-state index contributed by atoms with van der Waals surface area (Å²) in [6.07, 6.45) is -0.0691. The Bertz CT molecular complexity index is 812. The fourth-order valence-corrected chi connectivity index (χ4v) is 2.67. The highest BCUT2D eigenvalue weighted by Gasteiger charge is 2.11. The highest BCUT2D eigenvalue weighted by atomic mass is 127. The molecule has 0 radical (unpaired) electrons. The van der Waals surface area contributed by atoms with E-state index in [1.807, 2.05) is 56.3 Å². The number of rotatable bonds is 8. The molecule has 2 N–H and O–H groups in total. The van der Waals surface area contributed by atoms with E-state index in [1.54, 1.807) is 14.1 Å². The van der Waals surface area contributed by atoms with Crippen LogP contribution < -0.4 is 15.4 Å². The molecule has 0 aliphatic rings. The first-order chi connectivity index (χ1) is 13.8. The van der Waals surface area contributed by atoms with Gasteiger partial charge in [-0.25, -0.2) is 4.99 Å². The van der Waals surface area contributed by atoms with Gasteiger partial charge in [-0.05, 0) is 44.0 Å². The zero-order chi connectivity index (χ0) is 21.2. The summed E-state index contributed by atoms with van der Waals surface area (Å²) < 4.78 is 5.98. The minimum Gasteiger partial charge on any atom is -0.489 e. The fraction of sp³-hybridized carbons (Fsp3) is 0.391. The number of benzene rings is 2. The smallest absolute Gasteiger partial charge is 0.243 e. The molecule has 0 fully saturated rings. The third-order valence-electron chi connectivity index (χ3n) is 4.41. The Kier molecular flexibility index (Phi) is 11.2. The summed E-state index contributed by atoms with van der Waals surface area (Å²) in [5, 5.41) is 6.66. The Hall–Kier alpha value is -2.29. The first kappa shape index (κ1) is 25.7. The van der Waals surface area contributed by atoms with Crippen LogP contribution in [0.2, 0.25) is 0 Å². The van der Waals surface area contributed by atoms with Crippen molar-refractivity contribution in [1.29, 1.82) is 0 Å². The second-order valence-electron chi connectivity index (χ2n) is 7.36. The van der Waals surface area contributed by atoms with Crippen LogP contribution in [0.1, 0.15) is 31.0 Å². The predicted octanol–water partition coefficient (Wildman–Crippen LogP) is 3.76. The highest BCUT2D eigenvalue weighted by Crippen LogP contribution is 2.14. The normalized spacial score (nSPS) is 12.9.